The first kappa shape index (κ1) is 22.4. The number of alkyl carbamates (subject to hydrolysis) is 1. The van der Waals surface area contributed by atoms with Gasteiger partial charge in [0.1, 0.15) is 6.61 Å². The quantitative estimate of drug-likeness (QED) is 0.672. The van der Waals surface area contributed by atoms with Crippen LogP contribution in [0.5, 0.6) is 0 Å². The molecular formula is C27H30N2O5. The van der Waals surface area contributed by atoms with Crippen molar-refractivity contribution in [1.82, 2.24) is 10.2 Å². The summed E-state index contributed by atoms with van der Waals surface area (Å²) in [4.78, 5) is 38.3. The second kappa shape index (κ2) is 9.49. The molecule has 34 heavy (non-hydrogen) atoms. The van der Waals surface area contributed by atoms with E-state index in [1.54, 1.807) is 4.90 Å². The Morgan fingerprint density at radius 2 is 1.62 bits per heavy atom. The highest BCUT2D eigenvalue weighted by Gasteiger charge is 2.40. The van der Waals surface area contributed by atoms with Gasteiger partial charge >= 0.3 is 12.1 Å². The van der Waals surface area contributed by atoms with Crippen LogP contribution in [0.15, 0.2) is 48.5 Å². The Morgan fingerprint density at radius 1 is 0.971 bits per heavy atom. The first-order valence-electron chi connectivity index (χ1n) is 12.1. The molecule has 0 radical (unpaired) electrons. The molecular weight excluding hydrogens is 432 g/mol. The predicted octanol–water partition coefficient (Wildman–Crippen LogP) is 4.16. The van der Waals surface area contributed by atoms with E-state index in [0.717, 1.165) is 19.3 Å². The number of hydrogen-bond acceptors (Lipinski definition) is 4. The van der Waals surface area contributed by atoms with E-state index in [1.807, 2.05) is 24.3 Å². The molecule has 2 amide bonds. The number of fused-ring (bicyclic) bond motifs is 3. The van der Waals surface area contributed by atoms with Gasteiger partial charge in [0.2, 0.25) is 5.91 Å². The van der Waals surface area contributed by atoms with E-state index in [2.05, 4.69) is 29.6 Å². The molecule has 0 unspecified atom stereocenters. The van der Waals surface area contributed by atoms with Crippen LogP contribution < -0.4 is 5.32 Å². The molecule has 2 fully saturated rings. The van der Waals surface area contributed by atoms with Crippen molar-refractivity contribution in [1.29, 1.82) is 0 Å². The van der Waals surface area contributed by atoms with Crippen LogP contribution in [0, 0.1) is 5.92 Å². The molecule has 7 nitrogen and oxygen atoms in total. The van der Waals surface area contributed by atoms with Crippen molar-refractivity contribution in [2.75, 3.05) is 13.2 Å². The van der Waals surface area contributed by atoms with Crippen molar-refractivity contribution in [3.8, 4) is 11.1 Å². The molecule has 1 atom stereocenters. The maximum absolute atomic E-state index is 12.9. The molecule has 0 bridgehead atoms. The number of ether oxygens (including phenoxy) is 1. The third-order valence-corrected chi connectivity index (χ3v) is 7.47. The average Bonchev–Trinajstić information content (AvgIpc) is 3.13. The fourth-order valence-electron chi connectivity index (χ4n) is 5.68. The summed E-state index contributed by atoms with van der Waals surface area (Å²) in [7, 11) is 0. The number of benzene rings is 2. The molecule has 7 heteroatoms. The Labute approximate surface area is 199 Å². The standard InChI is InChI=1S/C27H30N2O5/c30-25(31)15-19-7-5-6-12-29(19)26(32)17-13-18(14-17)28-27(33)34-16-24-22-10-3-1-8-20(22)21-9-2-4-11-23(21)24/h1-4,8-11,17-19,24H,5-7,12-16H2,(H,28,33)(H,30,31)/t17?,18?,19-/m1/s1. The van der Waals surface area contributed by atoms with Gasteiger partial charge in [0.15, 0.2) is 0 Å². The van der Waals surface area contributed by atoms with Crippen molar-refractivity contribution in [3.63, 3.8) is 0 Å². The van der Waals surface area contributed by atoms with Gasteiger partial charge in [-0.2, -0.15) is 0 Å². The van der Waals surface area contributed by atoms with E-state index < -0.39 is 12.1 Å². The minimum absolute atomic E-state index is 0.000111. The third kappa shape index (κ3) is 4.39. The zero-order valence-electron chi connectivity index (χ0n) is 19.1. The largest absolute Gasteiger partial charge is 0.481 e. The van der Waals surface area contributed by atoms with Crippen molar-refractivity contribution < 1.29 is 24.2 Å². The highest BCUT2D eigenvalue weighted by atomic mass is 16.5. The average molecular weight is 463 g/mol. The Hall–Kier alpha value is -3.35. The minimum Gasteiger partial charge on any atom is -0.481 e. The highest BCUT2D eigenvalue weighted by molar-refractivity contribution is 5.82. The Bertz CT molecular complexity index is 1050. The van der Waals surface area contributed by atoms with Gasteiger partial charge in [0.25, 0.3) is 0 Å². The lowest BCUT2D eigenvalue weighted by atomic mass is 9.78. The van der Waals surface area contributed by atoms with Gasteiger partial charge < -0.3 is 20.1 Å². The van der Waals surface area contributed by atoms with E-state index in [9.17, 15) is 14.4 Å². The number of rotatable bonds is 6. The lowest BCUT2D eigenvalue weighted by Gasteiger charge is -2.42. The summed E-state index contributed by atoms with van der Waals surface area (Å²) in [6, 6.07) is 16.1. The maximum Gasteiger partial charge on any atom is 0.407 e. The first-order valence-corrected chi connectivity index (χ1v) is 12.1. The van der Waals surface area contributed by atoms with Gasteiger partial charge in [-0.25, -0.2) is 4.79 Å². The Balaban J connectivity index is 1.12. The van der Waals surface area contributed by atoms with Crippen molar-refractivity contribution >= 4 is 18.0 Å². The highest BCUT2D eigenvalue weighted by Crippen LogP contribution is 2.44. The molecule has 5 rings (SSSR count). The van der Waals surface area contributed by atoms with E-state index in [1.165, 1.54) is 22.3 Å². The van der Waals surface area contributed by atoms with Crippen molar-refractivity contribution in [2.24, 2.45) is 5.92 Å². The van der Waals surface area contributed by atoms with Gasteiger partial charge in [-0.05, 0) is 54.4 Å². The zero-order valence-corrected chi connectivity index (χ0v) is 19.1. The molecule has 1 heterocycles. The van der Waals surface area contributed by atoms with E-state index in [4.69, 9.17) is 9.84 Å². The summed E-state index contributed by atoms with van der Waals surface area (Å²) in [5, 5.41) is 12.0. The predicted molar refractivity (Wildman–Crippen MR) is 126 cm³/mol. The summed E-state index contributed by atoms with van der Waals surface area (Å²) >= 11 is 0. The molecule has 3 aliphatic rings. The van der Waals surface area contributed by atoms with Crippen molar-refractivity contribution in [2.45, 2.75) is 56.5 Å². The van der Waals surface area contributed by atoms with Crippen LogP contribution >= 0.6 is 0 Å². The summed E-state index contributed by atoms with van der Waals surface area (Å²) < 4.78 is 5.61. The number of nitrogens with zero attached hydrogens (tertiary/aromatic N) is 1. The number of nitrogens with one attached hydrogen (secondary N) is 1. The smallest absolute Gasteiger partial charge is 0.407 e. The van der Waals surface area contributed by atoms with Gasteiger partial charge in [-0.15, -0.1) is 0 Å². The third-order valence-electron chi connectivity index (χ3n) is 7.47. The van der Waals surface area contributed by atoms with Crippen LogP contribution in [0.2, 0.25) is 0 Å². The van der Waals surface area contributed by atoms with Gasteiger partial charge in [0.05, 0.1) is 6.42 Å². The summed E-state index contributed by atoms with van der Waals surface area (Å²) in [5.41, 5.74) is 4.71. The number of amides is 2. The molecule has 178 valence electrons. The summed E-state index contributed by atoms with van der Waals surface area (Å²) in [5.74, 6) is -0.989. The number of carbonyl (C=O) groups is 3. The van der Waals surface area contributed by atoms with Crippen LogP contribution in [0.4, 0.5) is 4.79 Å². The molecule has 1 saturated carbocycles. The molecule has 2 aromatic rings. The lowest BCUT2D eigenvalue weighted by Crippen LogP contribution is -2.54. The van der Waals surface area contributed by atoms with Crippen LogP contribution in [-0.2, 0) is 14.3 Å². The van der Waals surface area contributed by atoms with Crippen LogP contribution in [-0.4, -0.2) is 53.2 Å². The minimum atomic E-state index is -0.867. The summed E-state index contributed by atoms with van der Waals surface area (Å²) in [6.07, 6.45) is 3.29. The Kier molecular flexibility index (Phi) is 6.26. The second-order valence-electron chi connectivity index (χ2n) is 9.61. The monoisotopic (exact) mass is 462 g/mol. The molecule has 2 N–H and O–H groups in total. The number of carboxylic acids is 1. The number of hydrogen-bond donors (Lipinski definition) is 2. The maximum atomic E-state index is 12.9. The van der Waals surface area contributed by atoms with Gasteiger partial charge in [-0.3, -0.25) is 9.59 Å². The number of piperidine rings is 1. The second-order valence-corrected chi connectivity index (χ2v) is 9.61. The topological polar surface area (TPSA) is 95.9 Å². The van der Waals surface area contributed by atoms with Crippen molar-refractivity contribution in [3.05, 3.63) is 59.7 Å². The molecule has 1 saturated heterocycles. The van der Waals surface area contributed by atoms with Gasteiger partial charge in [-0.1, -0.05) is 48.5 Å². The number of carbonyl (C=O) groups excluding carboxylic acids is 2. The molecule has 2 aliphatic carbocycles. The number of likely N-dealkylation sites (tertiary alicyclic amines) is 1. The van der Waals surface area contributed by atoms with Crippen LogP contribution in [0.25, 0.3) is 11.1 Å². The normalized spacial score (nSPS) is 23.4. The Morgan fingerprint density at radius 3 is 2.26 bits per heavy atom. The lowest BCUT2D eigenvalue weighted by molar-refractivity contribution is -0.146. The number of aliphatic carboxylic acids is 1. The first-order chi connectivity index (χ1) is 16.5. The fourth-order valence-corrected chi connectivity index (χ4v) is 5.68. The molecule has 0 aromatic heterocycles. The van der Waals surface area contributed by atoms with Gasteiger partial charge in [0, 0.05) is 30.5 Å². The summed E-state index contributed by atoms with van der Waals surface area (Å²) in [6.45, 7) is 0.886. The van der Waals surface area contributed by atoms with E-state index in [-0.39, 0.29) is 42.9 Å². The van der Waals surface area contributed by atoms with Crippen LogP contribution in [0.1, 0.15) is 55.6 Å². The van der Waals surface area contributed by atoms with Crippen LogP contribution in [0.3, 0.4) is 0 Å². The molecule has 2 aromatic carbocycles. The molecule has 0 spiro atoms. The SMILES string of the molecule is O=C(O)C[C@H]1CCCCN1C(=O)C1CC(NC(=O)OCC2c3ccccc3-c3ccccc32)C1. The zero-order chi connectivity index (χ0) is 23.7. The molecule has 1 aliphatic heterocycles. The fraction of sp³-hybridized carbons (Fsp3) is 0.444. The van der Waals surface area contributed by atoms with E-state index >= 15 is 0 Å². The number of carboxylic acid groups (broad SMARTS) is 1. The van der Waals surface area contributed by atoms with E-state index in [0.29, 0.717) is 19.4 Å².